The summed E-state index contributed by atoms with van der Waals surface area (Å²) in [6.45, 7) is 3.99. The van der Waals surface area contributed by atoms with Gasteiger partial charge in [-0.15, -0.1) is 0 Å². The van der Waals surface area contributed by atoms with E-state index in [-0.39, 0.29) is 5.91 Å². The molecule has 1 amide bonds. The van der Waals surface area contributed by atoms with Crippen LogP contribution in [-0.2, 0) is 6.54 Å². The Morgan fingerprint density at radius 1 is 1.19 bits per heavy atom. The van der Waals surface area contributed by atoms with Crippen LogP contribution in [-0.4, -0.2) is 63.2 Å². The van der Waals surface area contributed by atoms with E-state index in [0.717, 1.165) is 51.0 Å². The molecule has 0 spiro atoms. The fourth-order valence-corrected chi connectivity index (χ4v) is 4.01. The topological polar surface area (TPSA) is 82.7 Å². The molecule has 4 rings (SSSR count). The molecule has 1 N–H and O–H groups in total. The van der Waals surface area contributed by atoms with Gasteiger partial charge in [0.25, 0.3) is 5.91 Å². The van der Waals surface area contributed by atoms with E-state index in [0.29, 0.717) is 24.8 Å². The molecule has 7 heteroatoms. The molecule has 1 atom stereocenters. The Morgan fingerprint density at radius 2 is 1.96 bits per heavy atom. The van der Waals surface area contributed by atoms with E-state index in [4.69, 9.17) is 4.52 Å². The number of carbonyl (C=O) groups is 1. The molecule has 0 unspecified atom stereocenters. The summed E-state index contributed by atoms with van der Waals surface area (Å²) < 4.78 is 5.35. The monoisotopic (exact) mass is 370 g/mol. The van der Waals surface area contributed by atoms with Gasteiger partial charge in [0.15, 0.2) is 0 Å². The zero-order chi connectivity index (χ0) is 18.6. The molecule has 2 saturated heterocycles. The molecule has 0 saturated carbocycles. The van der Waals surface area contributed by atoms with Gasteiger partial charge in [-0.3, -0.25) is 14.7 Å². The number of carbonyl (C=O) groups excluding carboxylic acids is 1. The van der Waals surface area contributed by atoms with Crippen molar-refractivity contribution in [2.45, 2.75) is 44.2 Å². The van der Waals surface area contributed by atoms with Gasteiger partial charge in [0.1, 0.15) is 0 Å². The number of likely N-dealkylation sites (tertiary alicyclic amines) is 2. The molecule has 7 nitrogen and oxygen atoms in total. The van der Waals surface area contributed by atoms with Gasteiger partial charge in [-0.25, -0.2) is 0 Å². The molecule has 144 valence electrons. The minimum absolute atomic E-state index is 0.164. The van der Waals surface area contributed by atoms with Gasteiger partial charge in [-0.2, -0.15) is 0 Å². The van der Waals surface area contributed by atoms with Gasteiger partial charge in [0.2, 0.25) is 5.76 Å². The summed E-state index contributed by atoms with van der Waals surface area (Å²) in [6, 6.07) is 5.91. The van der Waals surface area contributed by atoms with Crippen LogP contribution in [0.15, 0.2) is 35.1 Å². The van der Waals surface area contributed by atoms with E-state index < -0.39 is 6.10 Å². The zero-order valence-electron chi connectivity index (χ0n) is 15.5. The summed E-state index contributed by atoms with van der Waals surface area (Å²) in [7, 11) is 0. The number of nitrogens with zero attached hydrogens (tertiary/aromatic N) is 4. The van der Waals surface area contributed by atoms with Crippen molar-refractivity contribution < 1.29 is 14.4 Å². The molecule has 2 fully saturated rings. The maximum absolute atomic E-state index is 12.6. The van der Waals surface area contributed by atoms with Gasteiger partial charge in [-0.05, 0) is 56.5 Å². The van der Waals surface area contributed by atoms with E-state index in [2.05, 4.69) is 27.2 Å². The van der Waals surface area contributed by atoms with Crippen molar-refractivity contribution in [3.8, 4) is 0 Å². The van der Waals surface area contributed by atoms with Gasteiger partial charge in [-0.1, -0.05) is 5.16 Å². The van der Waals surface area contributed by atoms with E-state index in [1.165, 1.54) is 5.56 Å². The highest BCUT2D eigenvalue weighted by atomic mass is 16.5. The minimum atomic E-state index is -0.435. The van der Waals surface area contributed by atoms with Crippen LogP contribution in [0.4, 0.5) is 0 Å². The molecule has 0 radical (unpaired) electrons. The fraction of sp³-hybridized carbons (Fsp3) is 0.550. The van der Waals surface area contributed by atoms with Crippen molar-refractivity contribution in [1.29, 1.82) is 0 Å². The number of aliphatic hydroxyl groups excluding tert-OH is 1. The molecule has 2 aliphatic heterocycles. The van der Waals surface area contributed by atoms with Crippen LogP contribution >= 0.6 is 0 Å². The lowest BCUT2D eigenvalue weighted by Gasteiger charge is -2.31. The van der Waals surface area contributed by atoms with Crippen LogP contribution in [0.3, 0.4) is 0 Å². The molecule has 2 aromatic rings. The molecular formula is C20H26N4O3. The van der Waals surface area contributed by atoms with Crippen LogP contribution in [0, 0.1) is 0 Å². The van der Waals surface area contributed by atoms with Crippen molar-refractivity contribution in [3.05, 3.63) is 47.6 Å². The van der Waals surface area contributed by atoms with Crippen LogP contribution < -0.4 is 0 Å². The molecule has 2 aromatic heterocycles. The van der Waals surface area contributed by atoms with Crippen molar-refractivity contribution in [2.75, 3.05) is 26.2 Å². The predicted molar refractivity (Wildman–Crippen MR) is 99.1 cm³/mol. The SMILES string of the molecule is O=C(c1cc(C2CCN(Cc3ccncc3)CC2)no1)N1CCC[C@@H](O)C1. The molecule has 0 bridgehead atoms. The summed E-state index contributed by atoms with van der Waals surface area (Å²) in [5.74, 6) is 0.455. The summed E-state index contributed by atoms with van der Waals surface area (Å²) in [6.07, 6.45) is 6.82. The molecule has 27 heavy (non-hydrogen) atoms. The number of aliphatic hydroxyl groups is 1. The number of aromatic nitrogens is 2. The maximum atomic E-state index is 12.6. The highest BCUT2D eigenvalue weighted by Crippen LogP contribution is 2.29. The van der Waals surface area contributed by atoms with Crippen LogP contribution in [0.1, 0.15) is 53.4 Å². The van der Waals surface area contributed by atoms with E-state index in [1.807, 2.05) is 12.4 Å². The van der Waals surface area contributed by atoms with Crippen molar-refractivity contribution in [2.24, 2.45) is 0 Å². The van der Waals surface area contributed by atoms with E-state index >= 15 is 0 Å². The second-order valence-electron chi connectivity index (χ2n) is 7.57. The molecule has 0 aliphatic carbocycles. The van der Waals surface area contributed by atoms with Crippen molar-refractivity contribution in [3.63, 3.8) is 0 Å². The Hall–Kier alpha value is -2.25. The standard InChI is InChI=1S/C20H26N4O3/c25-17-2-1-9-24(14-17)20(26)19-12-18(22-27-19)16-5-10-23(11-6-16)13-15-3-7-21-8-4-15/h3-4,7-8,12,16-17,25H,1-2,5-6,9-11,13-14H2/t17-/m1/s1. The predicted octanol–water partition coefficient (Wildman–Crippen LogP) is 2.05. The fourth-order valence-electron chi connectivity index (χ4n) is 4.01. The Balaban J connectivity index is 1.32. The number of pyridine rings is 1. The molecule has 2 aliphatic rings. The Kier molecular flexibility index (Phi) is 5.50. The van der Waals surface area contributed by atoms with Gasteiger partial charge in [0.05, 0.1) is 11.8 Å². The molecule has 4 heterocycles. The highest BCUT2D eigenvalue weighted by molar-refractivity contribution is 5.91. The Bertz CT molecular complexity index is 756. The lowest BCUT2D eigenvalue weighted by molar-refractivity contribution is 0.0441. The summed E-state index contributed by atoms with van der Waals surface area (Å²) in [5, 5.41) is 13.9. The normalized spacial score (nSPS) is 22.1. The summed E-state index contributed by atoms with van der Waals surface area (Å²) >= 11 is 0. The third-order valence-corrected chi connectivity index (χ3v) is 5.58. The third-order valence-electron chi connectivity index (χ3n) is 5.58. The average molecular weight is 370 g/mol. The second kappa shape index (κ2) is 8.19. The van der Waals surface area contributed by atoms with Crippen molar-refractivity contribution in [1.82, 2.24) is 19.9 Å². The number of hydrogen-bond donors (Lipinski definition) is 1. The number of β-amino-alcohol motifs (C(OH)–C–C–N with tert-alkyl or cyclic N) is 1. The van der Waals surface area contributed by atoms with Crippen LogP contribution in [0.25, 0.3) is 0 Å². The quantitative estimate of drug-likeness (QED) is 0.887. The van der Waals surface area contributed by atoms with Gasteiger partial charge < -0.3 is 14.5 Å². The highest BCUT2D eigenvalue weighted by Gasteiger charge is 2.28. The second-order valence-corrected chi connectivity index (χ2v) is 7.57. The number of rotatable bonds is 4. The first-order chi connectivity index (χ1) is 13.2. The van der Waals surface area contributed by atoms with E-state index in [1.54, 1.807) is 11.0 Å². The number of piperidine rings is 2. The van der Waals surface area contributed by atoms with Crippen LogP contribution in [0.5, 0.6) is 0 Å². The third kappa shape index (κ3) is 4.36. The lowest BCUT2D eigenvalue weighted by atomic mass is 9.93. The number of hydrogen-bond acceptors (Lipinski definition) is 6. The Labute approximate surface area is 159 Å². The Morgan fingerprint density at radius 3 is 2.70 bits per heavy atom. The lowest BCUT2D eigenvalue weighted by Crippen LogP contribution is -2.42. The van der Waals surface area contributed by atoms with Crippen LogP contribution in [0.2, 0.25) is 0 Å². The largest absolute Gasteiger partial charge is 0.391 e. The van der Waals surface area contributed by atoms with E-state index in [9.17, 15) is 9.90 Å². The maximum Gasteiger partial charge on any atom is 0.292 e. The molecule has 0 aromatic carbocycles. The van der Waals surface area contributed by atoms with Gasteiger partial charge in [0, 0.05) is 44.0 Å². The zero-order valence-corrected chi connectivity index (χ0v) is 15.5. The number of amides is 1. The first-order valence-electron chi connectivity index (χ1n) is 9.74. The first kappa shape index (κ1) is 18.1. The smallest absolute Gasteiger partial charge is 0.292 e. The van der Waals surface area contributed by atoms with Gasteiger partial charge >= 0.3 is 0 Å². The summed E-state index contributed by atoms with van der Waals surface area (Å²) in [4.78, 5) is 20.7. The summed E-state index contributed by atoms with van der Waals surface area (Å²) in [5.41, 5.74) is 2.15. The molecular weight excluding hydrogens is 344 g/mol. The van der Waals surface area contributed by atoms with Crippen molar-refractivity contribution >= 4 is 5.91 Å². The minimum Gasteiger partial charge on any atom is -0.391 e. The first-order valence-corrected chi connectivity index (χ1v) is 9.74. The average Bonchev–Trinajstić information content (AvgIpc) is 3.19.